The number of hydrogen-bond donors (Lipinski definition) is 0. The first-order valence-electron chi connectivity index (χ1n) is 8.95. The Labute approximate surface area is 164 Å². The molecule has 4 rings (SSSR count). The van der Waals surface area contributed by atoms with E-state index in [1.165, 1.54) is 22.8 Å². The molecular weight excluding hydrogens is 385 g/mol. The molecule has 3 aromatic heterocycles. The van der Waals surface area contributed by atoms with Crippen molar-refractivity contribution >= 4 is 28.5 Å². The maximum absolute atomic E-state index is 14.2. The van der Waals surface area contributed by atoms with Crippen LogP contribution in [-0.4, -0.2) is 23.1 Å². The van der Waals surface area contributed by atoms with E-state index in [1.807, 2.05) is 17.7 Å². The summed E-state index contributed by atoms with van der Waals surface area (Å²) in [7, 11) is 1.55. The zero-order valence-electron chi connectivity index (χ0n) is 15.7. The van der Waals surface area contributed by atoms with Crippen molar-refractivity contribution in [3.8, 4) is 0 Å². The molecule has 0 saturated heterocycles. The van der Waals surface area contributed by atoms with Gasteiger partial charge in [-0.05, 0) is 25.5 Å². The van der Waals surface area contributed by atoms with Crippen molar-refractivity contribution in [2.75, 3.05) is 0 Å². The van der Waals surface area contributed by atoms with Crippen LogP contribution in [0.4, 0.5) is 4.39 Å². The molecule has 0 radical (unpaired) electrons. The molecule has 3 heterocycles. The molecule has 0 spiro atoms. The van der Waals surface area contributed by atoms with E-state index in [2.05, 4.69) is 11.9 Å². The highest BCUT2D eigenvalue weighted by atomic mass is 35.5. The lowest BCUT2D eigenvalue weighted by Crippen LogP contribution is -2.39. The van der Waals surface area contributed by atoms with Crippen molar-refractivity contribution in [3.05, 3.63) is 67.3 Å². The van der Waals surface area contributed by atoms with Gasteiger partial charge in [0.2, 0.25) is 5.78 Å². The maximum Gasteiger partial charge on any atom is 0.332 e. The Morgan fingerprint density at radius 3 is 2.64 bits per heavy atom. The second-order valence-corrected chi connectivity index (χ2v) is 7.22. The van der Waals surface area contributed by atoms with E-state index in [9.17, 15) is 14.0 Å². The molecule has 0 saturated carbocycles. The molecule has 4 aromatic rings. The fourth-order valence-electron chi connectivity index (χ4n) is 3.54. The topological polar surface area (TPSA) is 66.2 Å². The van der Waals surface area contributed by atoms with Crippen LogP contribution in [0.3, 0.4) is 0 Å². The van der Waals surface area contributed by atoms with Crippen molar-refractivity contribution in [2.45, 2.75) is 33.4 Å². The Bertz CT molecular complexity index is 1320. The van der Waals surface area contributed by atoms with Gasteiger partial charge >= 0.3 is 5.69 Å². The van der Waals surface area contributed by atoms with Crippen molar-refractivity contribution in [1.82, 2.24) is 23.1 Å². The summed E-state index contributed by atoms with van der Waals surface area (Å²) in [6.45, 7) is 4.49. The average Bonchev–Trinajstić information content (AvgIpc) is 3.15. The molecule has 7 nitrogen and oxygen atoms in total. The smallest absolute Gasteiger partial charge is 0.314 e. The monoisotopic (exact) mass is 403 g/mol. The minimum atomic E-state index is -0.573. The predicted molar refractivity (Wildman–Crippen MR) is 106 cm³/mol. The largest absolute Gasteiger partial charge is 0.332 e. The summed E-state index contributed by atoms with van der Waals surface area (Å²) < 4.78 is 20.2. The summed E-state index contributed by atoms with van der Waals surface area (Å²) in [6, 6.07) is 4.25. The lowest BCUT2D eigenvalue weighted by atomic mass is 10.2. The van der Waals surface area contributed by atoms with Crippen LogP contribution in [0.1, 0.15) is 24.6 Å². The van der Waals surface area contributed by atoms with Gasteiger partial charge in [-0.2, -0.15) is 4.98 Å². The van der Waals surface area contributed by atoms with Crippen molar-refractivity contribution in [3.63, 3.8) is 0 Å². The predicted octanol–water partition coefficient (Wildman–Crippen LogP) is 2.71. The van der Waals surface area contributed by atoms with E-state index >= 15 is 0 Å². The van der Waals surface area contributed by atoms with Gasteiger partial charge in [0, 0.05) is 36.1 Å². The fourth-order valence-corrected chi connectivity index (χ4v) is 3.76. The van der Waals surface area contributed by atoms with Gasteiger partial charge in [-0.3, -0.25) is 18.3 Å². The first-order valence-corrected chi connectivity index (χ1v) is 9.33. The van der Waals surface area contributed by atoms with Crippen LogP contribution >= 0.6 is 11.6 Å². The molecule has 0 unspecified atom stereocenters. The highest BCUT2D eigenvalue weighted by molar-refractivity contribution is 6.31. The van der Waals surface area contributed by atoms with E-state index in [-0.39, 0.29) is 22.6 Å². The van der Waals surface area contributed by atoms with Crippen molar-refractivity contribution < 1.29 is 4.39 Å². The summed E-state index contributed by atoms with van der Waals surface area (Å²) in [5.41, 5.74) is 0.537. The van der Waals surface area contributed by atoms with Gasteiger partial charge in [-0.15, -0.1) is 0 Å². The van der Waals surface area contributed by atoms with Crippen molar-refractivity contribution in [2.24, 2.45) is 7.05 Å². The Balaban J connectivity index is 2.03. The molecule has 1 aromatic carbocycles. The molecular formula is C19H19ClFN5O2. The number of imidazole rings is 2. The number of fused-ring (bicyclic) bond motifs is 3. The SMILES string of the molecule is CCCn1c(C)cn2c3c(=O)n(Cc4c(F)cccc4Cl)c(=O)n(C)c3nc12. The number of halogens is 2. The highest BCUT2D eigenvalue weighted by Crippen LogP contribution is 2.20. The van der Waals surface area contributed by atoms with E-state index in [1.54, 1.807) is 11.4 Å². The molecule has 146 valence electrons. The van der Waals surface area contributed by atoms with E-state index in [0.29, 0.717) is 11.4 Å². The lowest BCUT2D eigenvalue weighted by Gasteiger charge is -2.10. The van der Waals surface area contributed by atoms with Gasteiger partial charge in [-0.25, -0.2) is 9.18 Å². The van der Waals surface area contributed by atoms with Gasteiger partial charge in [-0.1, -0.05) is 24.6 Å². The molecule has 0 atom stereocenters. The van der Waals surface area contributed by atoms with E-state index in [4.69, 9.17) is 11.6 Å². The summed E-state index contributed by atoms with van der Waals surface area (Å²) in [6.07, 6.45) is 2.73. The van der Waals surface area contributed by atoms with E-state index in [0.717, 1.165) is 23.2 Å². The standard InChI is InChI=1S/C19H19ClFN5O2/c1-4-8-24-11(2)9-25-15-16(22-18(24)25)23(3)19(28)26(17(15)27)10-12-13(20)6-5-7-14(12)21/h5-7,9H,4,8,10H2,1-3H3. The molecule has 0 amide bonds. The third-order valence-corrected chi connectivity index (χ3v) is 5.32. The Morgan fingerprint density at radius 1 is 1.21 bits per heavy atom. The zero-order chi connectivity index (χ0) is 20.2. The molecule has 9 heteroatoms. The van der Waals surface area contributed by atoms with E-state index < -0.39 is 17.1 Å². The molecule has 0 N–H and O–H groups in total. The molecule has 0 bridgehead atoms. The zero-order valence-corrected chi connectivity index (χ0v) is 16.5. The highest BCUT2D eigenvalue weighted by Gasteiger charge is 2.21. The van der Waals surface area contributed by atoms with Crippen molar-refractivity contribution in [1.29, 1.82) is 0 Å². The quantitative estimate of drug-likeness (QED) is 0.526. The second kappa shape index (κ2) is 6.63. The Morgan fingerprint density at radius 2 is 1.96 bits per heavy atom. The van der Waals surface area contributed by atoms with Crippen LogP contribution in [0.5, 0.6) is 0 Å². The lowest BCUT2D eigenvalue weighted by molar-refractivity contribution is 0.582. The fraction of sp³-hybridized carbons (Fsp3) is 0.316. The average molecular weight is 404 g/mol. The third kappa shape index (κ3) is 2.59. The number of aryl methyl sites for hydroxylation is 3. The number of nitrogens with zero attached hydrogens (tertiary/aromatic N) is 5. The normalized spacial score (nSPS) is 11.8. The van der Waals surface area contributed by atoms with Crippen LogP contribution in [0.2, 0.25) is 5.02 Å². The van der Waals surface area contributed by atoms with Crippen LogP contribution in [-0.2, 0) is 20.1 Å². The van der Waals surface area contributed by atoms with Gasteiger partial charge in [0.1, 0.15) is 5.82 Å². The van der Waals surface area contributed by atoms with Crippen LogP contribution in [0, 0.1) is 12.7 Å². The third-order valence-electron chi connectivity index (χ3n) is 4.97. The van der Waals surface area contributed by atoms with Crippen LogP contribution < -0.4 is 11.2 Å². The van der Waals surface area contributed by atoms with Gasteiger partial charge in [0.15, 0.2) is 11.2 Å². The van der Waals surface area contributed by atoms with Gasteiger partial charge < -0.3 is 4.57 Å². The summed E-state index contributed by atoms with van der Waals surface area (Å²) in [5.74, 6) is 0.0352. The minimum absolute atomic E-state index is 0.100. The minimum Gasteiger partial charge on any atom is -0.314 e. The van der Waals surface area contributed by atoms with Crippen LogP contribution in [0.25, 0.3) is 16.9 Å². The maximum atomic E-state index is 14.2. The Hall–Kier alpha value is -2.87. The summed E-state index contributed by atoms with van der Waals surface area (Å²) in [5, 5.41) is 0.164. The molecule has 0 aliphatic heterocycles. The first-order chi connectivity index (χ1) is 13.3. The van der Waals surface area contributed by atoms with Gasteiger partial charge in [0.25, 0.3) is 5.56 Å². The van der Waals surface area contributed by atoms with Gasteiger partial charge in [0.05, 0.1) is 6.54 Å². The number of benzene rings is 1. The summed E-state index contributed by atoms with van der Waals surface area (Å²) >= 11 is 6.09. The van der Waals surface area contributed by atoms with Crippen LogP contribution in [0.15, 0.2) is 34.0 Å². The molecule has 0 aliphatic rings. The molecule has 0 aliphatic carbocycles. The number of rotatable bonds is 4. The second-order valence-electron chi connectivity index (χ2n) is 6.81. The Kier molecular flexibility index (Phi) is 4.38. The molecule has 0 fully saturated rings. The number of hydrogen-bond acceptors (Lipinski definition) is 3. The molecule has 28 heavy (non-hydrogen) atoms. The summed E-state index contributed by atoms with van der Waals surface area (Å²) in [4.78, 5) is 30.5. The number of aromatic nitrogens is 5. The first kappa shape index (κ1) is 18.5.